The van der Waals surface area contributed by atoms with Gasteiger partial charge >= 0.3 is 0 Å². The minimum Gasteiger partial charge on any atom is -0.376 e. The van der Waals surface area contributed by atoms with Gasteiger partial charge in [-0.25, -0.2) is 0 Å². The van der Waals surface area contributed by atoms with Crippen LogP contribution in [0, 0.1) is 0 Å². The van der Waals surface area contributed by atoms with Crippen LogP contribution >= 0.6 is 0 Å². The SMILES string of the molecule is C[SH](C)(=O)CCOCc1ccccc1. The maximum absolute atomic E-state index is 11.3. The quantitative estimate of drug-likeness (QED) is 0.593. The second kappa shape index (κ2) is 5.27. The van der Waals surface area contributed by atoms with Gasteiger partial charge in [0.25, 0.3) is 0 Å². The van der Waals surface area contributed by atoms with E-state index in [9.17, 15) is 4.21 Å². The third-order valence-electron chi connectivity index (χ3n) is 1.89. The molecule has 0 aliphatic rings. The number of hydrogen-bond donors (Lipinski definition) is 1. The van der Waals surface area contributed by atoms with Crippen molar-refractivity contribution in [3.05, 3.63) is 35.9 Å². The summed E-state index contributed by atoms with van der Waals surface area (Å²) in [5.41, 5.74) is 1.16. The van der Waals surface area contributed by atoms with Gasteiger partial charge in [-0.3, -0.25) is 4.21 Å². The third-order valence-corrected chi connectivity index (χ3v) is 3.15. The highest BCUT2D eigenvalue weighted by atomic mass is 32.2. The van der Waals surface area contributed by atoms with E-state index in [1.807, 2.05) is 30.3 Å². The minimum atomic E-state index is -1.91. The molecule has 14 heavy (non-hydrogen) atoms. The van der Waals surface area contributed by atoms with Gasteiger partial charge in [0.15, 0.2) is 0 Å². The van der Waals surface area contributed by atoms with E-state index < -0.39 is 9.93 Å². The zero-order valence-electron chi connectivity index (χ0n) is 8.77. The molecular formula is C11H18O2S. The monoisotopic (exact) mass is 214 g/mol. The van der Waals surface area contributed by atoms with Crippen LogP contribution in [0.2, 0.25) is 0 Å². The standard InChI is InChI=1S/C11H18O2S/c1-14(2,12)9-8-13-10-11-6-4-3-5-7-11/h3-7,14H,8-10H2,1-2H3. The molecule has 3 heteroatoms. The molecule has 0 heterocycles. The lowest BCUT2D eigenvalue weighted by Crippen LogP contribution is -2.16. The molecular weight excluding hydrogens is 196 g/mol. The van der Waals surface area contributed by atoms with Crippen LogP contribution in [0.5, 0.6) is 0 Å². The molecule has 0 amide bonds. The molecule has 0 bridgehead atoms. The van der Waals surface area contributed by atoms with Crippen molar-refractivity contribution in [1.82, 2.24) is 0 Å². The number of thiol groups is 1. The minimum absolute atomic E-state index is 0.583. The Morgan fingerprint density at radius 3 is 2.43 bits per heavy atom. The van der Waals surface area contributed by atoms with Gasteiger partial charge in [0.1, 0.15) is 0 Å². The van der Waals surface area contributed by atoms with Crippen LogP contribution in [0.25, 0.3) is 0 Å². The van der Waals surface area contributed by atoms with E-state index in [-0.39, 0.29) is 0 Å². The van der Waals surface area contributed by atoms with E-state index in [2.05, 4.69) is 0 Å². The van der Waals surface area contributed by atoms with Crippen molar-refractivity contribution in [2.45, 2.75) is 6.61 Å². The highest BCUT2D eigenvalue weighted by Gasteiger charge is 1.99. The molecule has 80 valence electrons. The van der Waals surface area contributed by atoms with E-state index in [1.165, 1.54) is 0 Å². The average molecular weight is 214 g/mol. The number of rotatable bonds is 5. The zero-order valence-corrected chi connectivity index (χ0v) is 9.67. The van der Waals surface area contributed by atoms with Gasteiger partial charge in [0.2, 0.25) is 0 Å². The van der Waals surface area contributed by atoms with E-state index in [1.54, 1.807) is 12.5 Å². The summed E-state index contributed by atoms with van der Waals surface area (Å²) in [6.07, 6.45) is 3.58. The van der Waals surface area contributed by atoms with E-state index in [4.69, 9.17) is 4.74 Å². The van der Waals surface area contributed by atoms with Gasteiger partial charge in [0, 0.05) is 5.75 Å². The van der Waals surface area contributed by atoms with Crippen LogP contribution in [-0.4, -0.2) is 29.1 Å². The number of hydrogen-bond acceptors (Lipinski definition) is 2. The van der Waals surface area contributed by atoms with Crippen LogP contribution in [-0.2, 0) is 21.3 Å². The summed E-state index contributed by atoms with van der Waals surface area (Å²) in [5, 5.41) is 0. The highest BCUT2D eigenvalue weighted by molar-refractivity contribution is 8.01. The molecule has 0 saturated heterocycles. The Hall–Kier alpha value is -0.670. The van der Waals surface area contributed by atoms with Crippen LogP contribution in [0.4, 0.5) is 0 Å². The summed E-state index contributed by atoms with van der Waals surface area (Å²) < 4.78 is 16.8. The predicted molar refractivity (Wildman–Crippen MR) is 62.4 cm³/mol. The van der Waals surface area contributed by atoms with Gasteiger partial charge in [-0.1, -0.05) is 30.3 Å². The van der Waals surface area contributed by atoms with Crippen molar-refractivity contribution in [2.75, 3.05) is 24.9 Å². The van der Waals surface area contributed by atoms with Crippen LogP contribution in [0.1, 0.15) is 5.56 Å². The molecule has 0 aliphatic carbocycles. The van der Waals surface area contributed by atoms with Crippen LogP contribution < -0.4 is 0 Å². The van der Waals surface area contributed by atoms with Crippen molar-refractivity contribution < 1.29 is 8.95 Å². The number of benzene rings is 1. The Morgan fingerprint density at radius 1 is 1.21 bits per heavy atom. The van der Waals surface area contributed by atoms with E-state index in [0.717, 1.165) is 5.56 Å². The van der Waals surface area contributed by atoms with Gasteiger partial charge in [-0.2, -0.15) is 0 Å². The highest BCUT2D eigenvalue weighted by Crippen LogP contribution is 2.01. The fourth-order valence-electron chi connectivity index (χ4n) is 1.05. The van der Waals surface area contributed by atoms with Crippen molar-refractivity contribution >= 4 is 9.93 Å². The fourth-order valence-corrected chi connectivity index (χ4v) is 1.62. The average Bonchev–Trinajstić information content (AvgIpc) is 2.13. The number of ether oxygens (including phenoxy) is 1. The predicted octanol–water partition coefficient (Wildman–Crippen LogP) is 1.48. The summed E-state index contributed by atoms with van der Waals surface area (Å²) in [4.78, 5) is 0. The first kappa shape index (κ1) is 11.4. The van der Waals surface area contributed by atoms with Crippen LogP contribution in [0.15, 0.2) is 30.3 Å². The summed E-state index contributed by atoms with van der Waals surface area (Å²) >= 11 is 0. The Kier molecular flexibility index (Phi) is 4.29. The van der Waals surface area contributed by atoms with Gasteiger partial charge in [0.05, 0.1) is 13.2 Å². The molecule has 1 rings (SSSR count). The summed E-state index contributed by atoms with van der Waals surface area (Å²) in [5.74, 6) is 0.667. The maximum atomic E-state index is 11.3. The van der Waals surface area contributed by atoms with Crippen molar-refractivity contribution in [1.29, 1.82) is 0 Å². The lowest BCUT2D eigenvalue weighted by Gasteiger charge is -2.11. The smallest absolute Gasteiger partial charge is 0.0717 e. The van der Waals surface area contributed by atoms with Crippen molar-refractivity contribution in [3.8, 4) is 0 Å². The van der Waals surface area contributed by atoms with Crippen molar-refractivity contribution in [3.63, 3.8) is 0 Å². The molecule has 0 radical (unpaired) electrons. The Morgan fingerprint density at radius 2 is 1.86 bits per heavy atom. The molecule has 0 atom stereocenters. The first-order valence-corrected chi connectivity index (χ1v) is 7.52. The lowest BCUT2D eigenvalue weighted by molar-refractivity contribution is 0.136. The van der Waals surface area contributed by atoms with Gasteiger partial charge < -0.3 is 4.74 Å². The Labute approximate surface area is 86.7 Å². The molecule has 0 spiro atoms. The topological polar surface area (TPSA) is 26.3 Å². The first-order valence-electron chi connectivity index (χ1n) is 4.73. The second-order valence-corrected chi connectivity index (χ2v) is 7.43. The van der Waals surface area contributed by atoms with Gasteiger partial charge in [-0.05, 0) is 18.1 Å². The maximum Gasteiger partial charge on any atom is 0.0717 e. The molecule has 1 aromatic rings. The fraction of sp³-hybridized carbons (Fsp3) is 0.455. The molecule has 2 nitrogen and oxygen atoms in total. The zero-order chi connectivity index (χ0) is 10.4. The molecule has 0 saturated carbocycles. The third kappa shape index (κ3) is 5.14. The summed E-state index contributed by atoms with van der Waals surface area (Å²) in [6.45, 7) is 1.19. The molecule has 1 aromatic carbocycles. The summed E-state index contributed by atoms with van der Waals surface area (Å²) in [7, 11) is -1.91. The van der Waals surface area contributed by atoms with Gasteiger partial charge in [-0.15, -0.1) is 9.93 Å². The first-order chi connectivity index (χ1) is 6.58. The Balaban J connectivity index is 2.20. The normalized spacial score (nSPS) is 12.7. The van der Waals surface area contributed by atoms with E-state index >= 15 is 0 Å². The molecule has 0 unspecified atom stereocenters. The lowest BCUT2D eigenvalue weighted by atomic mass is 10.2. The Bertz CT molecular complexity index is 302. The van der Waals surface area contributed by atoms with Crippen LogP contribution in [0.3, 0.4) is 0 Å². The molecule has 0 fully saturated rings. The second-order valence-electron chi connectivity index (χ2n) is 3.84. The molecule has 0 aromatic heterocycles. The largest absolute Gasteiger partial charge is 0.376 e. The molecule has 0 aliphatic heterocycles. The van der Waals surface area contributed by atoms with Crippen molar-refractivity contribution in [2.24, 2.45) is 0 Å². The molecule has 0 N–H and O–H groups in total. The van der Waals surface area contributed by atoms with E-state index in [0.29, 0.717) is 19.0 Å². The summed E-state index contributed by atoms with van der Waals surface area (Å²) in [6, 6.07) is 10.0.